The largest absolute Gasteiger partial charge is 0.356 e. The molecule has 2 aromatic rings. The molecule has 1 aromatic carbocycles. The maximum absolute atomic E-state index is 13.0. The summed E-state index contributed by atoms with van der Waals surface area (Å²) in [6, 6.07) is 7.82. The summed E-state index contributed by atoms with van der Waals surface area (Å²) >= 11 is 0. The van der Waals surface area contributed by atoms with Gasteiger partial charge in [-0.3, -0.25) is 9.36 Å². The molecular formula is C22H29N3O. The molecule has 1 aliphatic carbocycles. The number of rotatable bonds is 3. The van der Waals surface area contributed by atoms with Crippen LogP contribution in [-0.2, 0) is 0 Å². The number of hydrogen-bond donors (Lipinski definition) is 0. The average Bonchev–Trinajstić information content (AvgIpc) is 3.15. The van der Waals surface area contributed by atoms with Crippen molar-refractivity contribution in [2.45, 2.75) is 53.4 Å². The van der Waals surface area contributed by atoms with E-state index in [9.17, 15) is 4.79 Å². The summed E-state index contributed by atoms with van der Waals surface area (Å²) in [6.07, 6.45) is 5.23. The van der Waals surface area contributed by atoms with Crippen LogP contribution >= 0.6 is 0 Å². The molecule has 2 unspecified atom stereocenters. The SMILES string of the molecule is CCC12CCCC1CN(c1cc(=O)n(-c3cccc(C)c3C)c(C)n1)C2. The summed E-state index contributed by atoms with van der Waals surface area (Å²) in [7, 11) is 0. The van der Waals surface area contributed by atoms with Gasteiger partial charge in [-0.15, -0.1) is 0 Å². The van der Waals surface area contributed by atoms with Crippen molar-refractivity contribution in [1.29, 1.82) is 0 Å². The van der Waals surface area contributed by atoms with Crippen molar-refractivity contribution in [2.75, 3.05) is 18.0 Å². The summed E-state index contributed by atoms with van der Waals surface area (Å²) in [4.78, 5) is 20.2. The molecule has 4 nitrogen and oxygen atoms in total. The van der Waals surface area contributed by atoms with Gasteiger partial charge in [-0.05, 0) is 68.6 Å². The molecule has 0 amide bonds. The number of fused-ring (bicyclic) bond motifs is 1. The molecule has 0 spiro atoms. The predicted molar refractivity (Wildman–Crippen MR) is 106 cm³/mol. The summed E-state index contributed by atoms with van der Waals surface area (Å²) in [5.41, 5.74) is 3.72. The van der Waals surface area contributed by atoms with Crippen LogP contribution in [0.15, 0.2) is 29.1 Å². The lowest BCUT2D eigenvalue weighted by Crippen LogP contribution is -2.30. The number of aromatic nitrogens is 2. The first-order valence-electron chi connectivity index (χ1n) is 9.87. The second-order valence-corrected chi connectivity index (χ2v) is 8.24. The van der Waals surface area contributed by atoms with Gasteiger partial charge in [0.25, 0.3) is 5.56 Å². The van der Waals surface area contributed by atoms with Gasteiger partial charge in [-0.25, -0.2) is 4.98 Å². The Labute approximate surface area is 155 Å². The number of anilines is 1. The fraction of sp³-hybridized carbons (Fsp3) is 0.545. The zero-order chi connectivity index (χ0) is 18.5. The van der Waals surface area contributed by atoms with Gasteiger partial charge in [-0.1, -0.05) is 25.5 Å². The molecule has 1 saturated carbocycles. The highest BCUT2D eigenvalue weighted by Gasteiger charge is 2.48. The Hall–Kier alpha value is -2.10. The standard InChI is InChI=1S/C22H29N3O/c1-5-22-11-7-9-18(22)13-24(14-22)20-12-21(26)25(17(4)23-20)19-10-6-8-15(2)16(19)3/h6,8,10,12,18H,5,7,9,11,13-14H2,1-4H3. The van der Waals surface area contributed by atoms with Gasteiger partial charge in [0.05, 0.1) is 5.69 Å². The number of benzene rings is 1. The normalized spacial score (nSPS) is 24.9. The van der Waals surface area contributed by atoms with Gasteiger partial charge in [0, 0.05) is 19.2 Å². The summed E-state index contributed by atoms with van der Waals surface area (Å²) < 4.78 is 1.75. The lowest BCUT2D eigenvalue weighted by Gasteiger charge is -2.27. The second-order valence-electron chi connectivity index (χ2n) is 8.24. The smallest absolute Gasteiger partial charge is 0.260 e. The number of hydrogen-bond acceptors (Lipinski definition) is 3. The van der Waals surface area contributed by atoms with Gasteiger partial charge in [0.1, 0.15) is 11.6 Å². The third-order valence-corrected chi connectivity index (χ3v) is 6.96. The quantitative estimate of drug-likeness (QED) is 0.833. The van der Waals surface area contributed by atoms with Crippen LogP contribution in [0.25, 0.3) is 5.69 Å². The number of aryl methyl sites for hydroxylation is 2. The molecule has 1 aromatic heterocycles. The first-order valence-corrected chi connectivity index (χ1v) is 9.87. The van der Waals surface area contributed by atoms with E-state index in [1.165, 1.54) is 31.2 Å². The molecule has 0 radical (unpaired) electrons. The van der Waals surface area contributed by atoms with Crippen molar-refractivity contribution in [2.24, 2.45) is 11.3 Å². The van der Waals surface area contributed by atoms with Crippen molar-refractivity contribution in [3.05, 3.63) is 51.6 Å². The fourth-order valence-corrected chi connectivity index (χ4v) is 5.18. The van der Waals surface area contributed by atoms with Crippen molar-refractivity contribution < 1.29 is 0 Å². The molecule has 4 rings (SSSR count). The van der Waals surface area contributed by atoms with Crippen molar-refractivity contribution in [3.8, 4) is 5.69 Å². The van der Waals surface area contributed by atoms with Crippen LogP contribution in [0, 0.1) is 32.1 Å². The molecule has 2 aliphatic rings. The molecule has 0 N–H and O–H groups in total. The zero-order valence-corrected chi connectivity index (χ0v) is 16.4. The summed E-state index contributed by atoms with van der Waals surface area (Å²) in [6.45, 7) is 10.5. The van der Waals surface area contributed by atoms with E-state index in [2.05, 4.69) is 31.7 Å². The van der Waals surface area contributed by atoms with E-state index in [-0.39, 0.29) is 5.56 Å². The molecule has 1 saturated heterocycles. The fourth-order valence-electron chi connectivity index (χ4n) is 5.18. The predicted octanol–water partition coefficient (Wildman–Crippen LogP) is 4.17. The highest BCUT2D eigenvalue weighted by Crippen LogP contribution is 2.51. The summed E-state index contributed by atoms with van der Waals surface area (Å²) in [5.74, 6) is 2.39. The Morgan fingerprint density at radius 2 is 2.08 bits per heavy atom. The lowest BCUT2D eigenvalue weighted by atomic mass is 9.78. The molecule has 2 atom stereocenters. The van der Waals surface area contributed by atoms with E-state index in [0.29, 0.717) is 5.41 Å². The molecule has 2 fully saturated rings. The molecular weight excluding hydrogens is 322 g/mol. The van der Waals surface area contributed by atoms with E-state index >= 15 is 0 Å². The minimum Gasteiger partial charge on any atom is -0.356 e. The first kappa shape index (κ1) is 17.3. The van der Waals surface area contributed by atoms with Crippen LogP contribution < -0.4 is 10.5 Å². The third kappa shape index (κ3) is 2.58. The van der Waals surface area contributed by atoms with Crippen LogP contribution in [0.3, 0.4) is 0 Å². The molecule has 0 bridgehead atoms. The van der Waals surface area contributed by atoms with Gasteiger partial charge >= 0.3 is 0 Å². The minimum absolute atomic E-state index is 0.0174. The van der Waals surface area contributed by atoms with Crippen molar-refractivity contribution >= 4 is 5.82 Å². The van der Waals surface area contributed by atoms with Crippen molar-refractivity contribution in [1.82, 2.24) is 9.55 Å². The number of nitrogens with zero attached hydrogens (tertiary/aromatic N) is 3. The molecule has 26 heavy (non-hydrogen) atoms. The van der Waals surface area contributed by atoms with Gasteiger partial charge in [0.2, 0.25) is 0 Å². The zero-order valence-electron chi connectivity index (χ0n) is 16.4. The highest BCUT2D eigenvalue weighted by atomic mass is 16.1. The van der Waals surface area contributed by atoms with E-state index in [1.54, 1.807) is 10.6 Å². The first-order chi connectivity index (χ1) is 12.4. The van der Waals surface area contributed by atoms with Crippen LogP contribution in [0.5, 0.6) is 0 Å². The monoisotopic (exact) mass is 351 g/mol. The van der Waals surface area contributed by atoms with Crippen LogP contribution in [0.2, 0.25) is 0 Å². The summed E-state index contributed by atoms with van der Waals surface area (Å²) in [5, 5.41) is 0. The van der Waals surface area contributed by atoms with Gasteiger partial charge in [-0.2, -0.15) is 0 Å². The molecule has 2 heterocycles. The average molecular weight is 351 g/mol. The topological polar surface area (TPSA) is 38.1 Å². The maximum atomic E-state index is 13.0. The lowest BCUT2D eigenvalue weighted by molar-refractivity contribution is 0.260. The van der Waals surface area contributed by atoms with Gasteiger partial charge < -0.3 is 4.90 Å². The Morgan fingerprint density at radius 1 is 1.27 bits per heavy atom. The molecule has 138 valence electrons. The van der Waals surface area contributed by atoms with E-state index in [1.807, 2.05) is 19.1 Å². The van der Waals surface area contributed by atoms with E-state index < -0.39 is 0 Å². The second kappa shape index (κ2) is 6.26. The van der Waals surface area contributed by atoms with Crippen LogP contribution in [-0.4, -0.2) is 22.6 Å². The van der Waals surface area contributed by atoms with E-state index in [4.69, 9.17) is 4.98 Å². The minimum atomic E-state index is 0.0174. The molecule has 4 heteroatoms. The Morgan fingerprint density at radius 3 is 2.77 bits per heavy atom. The van der Waals surface area contributed by atoms with Crippen LogP contribution in [0.4, 0.5) is 5.82 Å². The Bertz CT molecular complexity index is 901. The van der Waals surface area contributed by atoms with Gasteiger partial charge in [0.15, 0.2) is 0 Å². The third-order valence-electron chi connectivity index (χ3n) is 6.96. The van der Waals surface area contributed by atoms with Crippen molar-refractivity contribution in [3.63, 3.8) is 0 Å². The highest BCUT2D eigenvalue weighted by molar-refractivity contribution is 5.48. The maximum Gasteiger partial charge on any atom is 0.260 e. The van der Waals surface area contributed by atoms with E-state index in [0.717, 1.165) is 41.9 Å². The Kier molecular flexibility index (Phi) is 4.17. The van der Waals surface area contributed by atoms with Crippen LogP contribution in [0.1, 0.15) is 49.6 Å². The Balaban J connectivity index is 1.72. The molecule has 1 aliphatic heterocycles.